The second-order valence-corrected chi connectivity index (χ2v) is 13.0. The number of carbonyl (C=O) groups is 1. The van der Waals surface area contributed by atoms with Crippen LogP contribution in [0.25, 0.3) is 0 Å². The zero-order valence-corrected chi connectivity index (χ0v) is 24.3. The molecule has 40 heavy (non-hydrogen) atoms. The smallest absolute Gasteiger partial charge is 0.151 e. The Kier molecular flexibility index (Phi) is 7.18. The summed E-state index contributed by atoms with van der Waals surface area (Å²) in [4.78, 5) is 16.2. The van der Waals surface area contributed by atoms with Crippen LogP contribution in [-0.2, 0) is 4.79 Å². The Bertz CT molecular complexity index is 1330. The molecule has 4 nitrogen and oxygen atoms in total. The summed E-state index contributed by atoms with van der Waals surface area (Å²) < 4.78 is 16.0. The van der Waals surface area contributed by atoms with Crippen molar-refractivity contribution in [2.24, 2.45) is 27.8 Å². The second kappa shape index (κ2) is 10.5. The normalized spacial score (nSPS) is 36.2. The van der Waals surface area contributed by atoms with E-state index < -0.39 is 11.6 Å². The molecule has 3 fully saturated rings. The Balaban J connectivity index is 1.50. The average molecular weight is 543 g/mol. The number of fused-ring (bicyclic) bond motifs is 4. The van der Waals surface area contributed by atoms with Gasteiger partial charge >= 0.3 is 0 Å². The van der Waals surface area contributed by atoms with Gasteiger partial charge in [-0.05, 0) is 117 Å². The van der Waals surface area contributed by atoms with Crippen LogP contribution in [0.1, 0.15) is 96.5 Å². The molecular formula is C35H43FN2O2. The maximum atomic E-state index is 16.0. The highest BCUT2D eigenvalue weighted by atomic mass is 19.1. The highest BCUT2D eigenvalue weighted by molar-refractivity contribution is 5.97. The predicted molar refractivity (Wildman–Crippen MR) is 158 cm³/mol. The fraction of sp³-hybridized carbons (Fsp3) is 0.600. The van der Waals surface area contributed by atoms with Crippen LogP contribution in [0.5, 0.6) is 0 Å². The number of hydrogen-bond acceptors (Lipinski definition) is 4. The van der Waals surface area contributed by atoms with Crippen LogP contribution in [0, 0.1) is 34.5 Å². The van der Waals surface area contributed by atoms with E-state index in [1.807, 2.05) is 13.8 Å². The van der Waals surface area contributed by atoms with E-state index in [1.54, 1.807) is 6.08 Å². The number of oxime groups is 1. The first kappa shape index (κ1) is 27.3. The van der Waals surface area contributed by atoms with Crippen molar-refractivity contribution in [1.82, 2.24) is 0 Å². The zero-order chi connectivity index (χ0) is 28.1. The Hall–Kier alpha value is -2.87. The molecule has 1 unspecified atom stereocenters. The maximum absolute atomic E-state index is 16.0. The zero-order valence-electron chi connectivity index (χ0n) is 24.3. The van der Waals surface area contributed by atoms with E-state index >= 15 is 4.39 Å². The molecule has 0 spiro atoms. The number of rotatable bonds is 4. The van der Waals surface area contributed by atoms with Gasteiger partial charge in [0.2, 0.25) is 0 Å². The topological polar surface area (TPSA) is 52.9 Å². The standard InChI is InChI=1S/C35H43FN2O2/c1-4-16-35(32(39)5-2)17-15-30-28-21-31(36)27-20-24(37-40)11-14-26(27)33(28)29(22-34(30,35)3)23-9-12-25(13-10-23)38-18-7-6-8-19-38/h9-10,12-13,20,28-31,40H,5-8,11,14-15,17-19,21-22H2,1-3H3/b37-24+/t28-,29+,30-,31?,34-,35+/m0/s1. The summed E-state index contributed by atoms with van der Waals surface area (Å²) in [5, 5.41) is 12.9. The molecule has 4 aliphatic carbocycles. The van der Waals surface area contributed by atoms with E-state index in [0.29, 0.717) is 37.0 Å². The lowest BCUT2D eigenvalue weighted by Gasteiger charge is -2.55. The fourth-order valence-corrected chi connectivity index (χ4v) is 9.37. The Morgan fingerprint density at radius 1 is 1.18 bits per heavy atom. The number of nitrogens with zero attached hydrogens (tertiary/aromatic N) is 2. The van der Waals surface area contributed by atoms with Gasteiger partial charge in [-0.1, -0.05) is 42.6 Å². The molecule has 1 N–H and O–H groups in total. The van der Waals surface area contributed by atoms with E-state index in [-0.39, 0.29) is 29.0 Å². The van der Waals surface area contributed by atoms with Gasteiger partial charge in [0, 0.05) is 31.1 Å². The maximum Gasteiger partial charge on any atom is 0.151 e. The predicted octanol–water partition coefficient (Wildman–Crippen LogP) is 7.77. The number of carbonyl (C=O) groups excluding carboxylic acids is 1. The highest BCUT2D eigenvalue weighted by Gasteiger charge is 2.65. The molecule has 212 valence electrons. The molecule has 1 saturated heterocycles. The van der Waals surface area contributed by atoms with Gasteiger partial charge in [0.1, 0.15) is 6.17 Å². The molecule has 2 saturated carbocycles. The van der Waals surface area contributed by atoms with Crippen molar-refractivity contribution < 1.29 is 14.4 Å². The molecule has 0 bridgehead atoms. The lowest BCUT2D eigenvalue weighted by Crippen LogP contribution is -2.51. The van der Waals surface area contributed by atoms with Crippen molar-refractivity contribution in [1.29, 1.82) is 0 Å². The molecule has 1 heterocycles. The van der Waals surface area contributed by atoms with Gasteiger partial charge in [-0.3, -0.25) is 4.79 Å². The lowest BCUT2D eigenvalue weighted by molar-refractivity contribution is -0.132. The summed E-state index contributed by atoms with van der Waals surface area (Å²) in [5.41, 5.74) is 5.36. The third kappa shape index (κ3) is 4.08. The fourth-order valence-electron chi connectivity index (χ4n) is 9.37. The van der Waals surface area contributed by atoms with Crippen molar-refractivity contribution in [2.75, 3.05) is 18.0 Å². The molecule has 6 atom stereocenters. The molecule has 0 amide bonds. The van der Waals surface area contributed by atoms with Crippen LogP contribution < -0.4 is 4.90 Å². The number of anilines is 1. The van der Waals surface area contributed by atoms with Gasteiger partial charge in [0.15, 0.2) is 5.78 Å². The summed E-state index contributed by atoms with van der Waals surface area (Å²) in [7, 11) is 0. The van der Waals surface area contributed by atoms with Crippen LogP contribution in [0.4, 0.5) is 10.1 Å². The van der Waals surface area contributed by atoms with Crippen molar-refractivity contribution in [3.05, 3.63) is 52.6 Å². The van der Waals surface area contributed by atoms with Crippen molar-refractivity contribution >= 4 is 17.2 Å². The van der Waals surface area contributed by atoms with Gasteiger partial charge in [0.25, 0.3) is 0 Å². The first-order valence-corrected chi connectivity index (χ1v) is 15.5. The summed E-state index contributed by atoms with van der Waals surface area (Å²) >= 11 is 0. The quantitative estimate of drug-likeness (QED) is 0.240. The minimum Gasteiger partial charge on any atom is -0.411 e. The Labute approximate surface area is 238 Å². The van der Waals surface area contributed by atoms with Crippen molar-refractivity contribution in [3.63, 3.8) is 0 Å². The minimum absolute atomic E-state index is 0.0884. The van der Waals surface area contributed by atoms with Gasteiger partial charge in [-0.25, -0.2) is 4.39 Å². The summed E-state index contributed by atoms with van der Waals surface area (Å²) in [5.74, 6) is 7.30. The van der Waals surface area contributed by atoms with Crippen molar-refractivity contribution in [2.45, 2.75) is 97.1 Å². The molecule has 0 aromatic heterocycles. The number of Topliss-reactive ketones (excluding diaryl/α,β-unsaturated/α-hetero) is 1. The number of benzene rings is 1. The first-order chi connectivity index (χ1) is 19.4. The second-order valence-electron chi connectivity index (χ2n) is 13.0. The van der Waals surface area contributed by atoms with Crippen LogP contribution in [0.3, 0.4) is 0 Å². The molecule has 1 aliphatic heterocycles. The third-order valence-electron chi connectivity index (χ3n) is 11.2. The SMILES string of the molecule is CC#C[C@]1(C(=O)CC)CC[C@H]2[C@@H]3CC(F)C4=C/C(=N/O)CCC4=C3[C@@H](c3ccc(N4CCCCC4)cc3)C[C@@]21C. The molecule has 5 heteroatoms. The summed E-state index contributed by atoms with van der Waals surface area (Å²) in [6, 6.07) is 9.13. The average Bonchev–Trinajstić information content (AvgIpc) is 3.29. The molecule has 0 radical (unpaired) electrons. The van der Waals surface area contributed by atoms with E-state index in [1.165, 1.54) is 36.1 Å². The first-order valence-electron chi connectivity index (χ1n) is 15.5. The molecule has 6 rings (SSSR count). The minimum atomic E-state index is -1.08. The van der Waals surface area contributed by atoms with Gasteiger partial charge in [-0.15, -0.1) is 5.92 Å². The van der Waals surface area contributed by atoms with Crippen LogP contribution in [0.15, 0.2) is 52.2 Å². The van der Waals surface area contributed by atoms with Gasteiger partial charge < -0.3 is 10.1 Å². The third-order valence-corrected chi connectivity index (χ3v) is 11.2. The van der Waals surface area contributed by atoms with E-state index in [9.17, 15) is 10.0 Å². The van der Waals surface area contributed by atoms with E-state index in [0.717, 1.165) is 37.9 Å². The number of hydrogen-bond donors (Lipinski definition) is 1. The number of piperidine rings is 1. The Morgan fingerprint density at radius 2 is 1.93 bits per heavy atom. The van der Waals surface area contributed by atoms with Crippen LogP contribution >= 0.6 is 0 Å². The number of ketones is 1. The van der Waals surface area contributed by atoms with Crippen molar-refractivity contribution in [3.8, 4) is 11.8 Å². The highest BCUT2D eigenvalue weighted by Crippen LogP contribution is 2.70. The lowest BCUT2D eigenvalue weighted by atomic mass is 9.48. The van der Waals surface area contributed by atoms with E-state index in [4.69, 9.17) is 0 Å². The van der Waals surface area contributed by atoms with Crippen LogP contribution in [0.2, 0.25) is 0 Å². The number of halogens is 1. The monoisotopic (exact) mass is 542 g/mol. The number of alkyl halides is 1. The van der Waals surface area contributed by atoms with Gasteiger partial charge in [0.05, 0.1) is 11.1 Å². The summed E-state index contributed by atoms with van der Waals surface area (Å²) in [6.45, 7) is 8.33. The van der Waals surface area contributed by atoms with Crippen LogP contribution in [-0.4, -0.2) is 36.0 Å². The molecule has 1 aromatic rings. The molecule has 5 aliphatic rings. The number of allylic oxidation sites excluding steroid dienone is 4. The molecule has 1 aromatic carbocycles. The largest absolute Gasteiger partial charge is 0.411 e. The summed E-state index contributed by atoms with van der Waals surface area (Å²) in [6.07, 6.45) is 9.27. The van der Waals surface area contributed by atoms with Gasteiger partial charge in [-0.2, -0.15) is 0 Å². The molecular weight excluding hydrogens is 499 g/mol. The van der Waals surface area contributed by atoms with E-state index in [2.05, 4.69) is 53.1 Å². The Morgan fingerprint density at radius 3 is 2.60 bits per heavy atom.